The summed E-state index contributed by atoms with van der Waals surface area (Å²) in [7, 11) is 6.00. The van der Waals surface area contributed by atoms with E-state index in [-0.39, 0.29) is 38.2 Å². The summed E-state index contributed by atoms with van der Waals surface area (Å²) in [5.41, 5.74) is 0. The Labute approximate surface area is 614 Å². The van der Waals surface area contributed by atoms with Crippen molar-refractivity contribution in [3.05, 3.63) is 85.1 Å². The van der Waals surface area contributed by atoms with Crippen LogP contribution in [0.5, 0.6) is 0 Å². The summed E-state index contributed by atoms with van der Waals surface area (Å²) in [4.78, 5) is 37.8. The van der Waals surface area contributed by atoms with Crippen LogP contribution in [0.1, 0.15) is 412 Å². The Kier molecular flexibility index (Phi) is 77.3. The average Bonchev–Trinajstić information content (AvgIpc) is 1.16. The van der Waals surface area contributed by atoms with Crippen molar-refractivity contribution in [1.82, 2.24) is 0 Å². The summed E-state index contributed by atoms with van der Waals surface area (Å²) in [5.74, 6) is -1.98. The second-order valence-electron chi connectivity index (χ2n) is 30.1. The van der Waals surface area contributed by atoms with Crippen LogP contribution in [0, 0.1) is 0 Å². The number of carbonyl (C=O) groups is 3. The largest absolute Gasteiger partial charge is 0.477 e. The number of likely N-dealkylation sites (N-methyl/N-ethyl adjacent to an activating group) is 1. The lowest BCUT2D eigenvalue weighted by Gasteiger charge is -2.25. The normalized spacial score (nSPS) is 13.0. The van der Waals surface area contributed by atoms with E-state index in [1.54, 1.807) is 0 Å². The Bertz CT molecular complexity index is 1910. The van der Waals surface area contributed by atoms with Gasteiger partial charge in [0, 0.05) is 12.8 Å². The van der Waals surface area contributed by atoms with E-state index in [1.165, 1.54) is 308 Å². The molecule has 0 saturated carbocycles. The van der Waals surface area contributed by atoms with Crippen molar-refractivity contribution in [3.8, 4) is 0 Å². The zero-order valence-electron chi connectivity index (χ0n) is 66.2. The van der Waals surface area contributed by atoms with E-state index in [1.807, 2.05) is 21.1 Å². The third kappa shape index (κ3) is 81.6. The fraction of sp³-hybridized carbons (Fsp3) is 0.811. The van der Waals surface area contributed by atoms with Crippen LogP contribution in [-0.4, -0.2) is 87.4 Å². The van der Waals surface area contributed by atoms with Crippen molar-refractivity contribution in [1.29, 1.82) is 0 Å². The first-order valence-corrected chi connectivity index (χ1v) is 42.8. The van der Waals surface area contributed by atoms with Crippen molar-refractivity contribution in [2.24, 2.45) is 0 Å². The van der Waals surface area contributed by atoms with E-state index in [0.29, 0.717) is 17.4 Å². The predicted molar refractivity (Wildman–Crippen MR) is 429 cm³/mol. The first kappa shape index (κ1) is 95.5. The number of esters is 2. The molecule has 0 spiro atoms. The van der Waals surface area contributed by atoms with Crippen LogP contribution < -0.4 is 0 Å². The number of rotatable bonds is 80. The van der Waals surface area contributed by atoms with Crippen LogP contribution in [0.15, 0.2) is 85.1 Å². The lowest BCUT2D eigenvalue weighted by molar-refractivity contribution is -0.870. The molecule has 0 radical (unpaired) electrons. The molecule has 0 aliphatic carbocycles. The molecule has 0 aliphatic rings. The van der Waals surface area contributed by atoms with Gasteiger partial charge in [-0.1, -0.05) is 394 Å². The minimum Gasteiger partial charge on any atom is -0.477 e. The molecule has 0 rings (SSSR count). The van der Waals surface area contributed by atoms with Crippen molar-refractivity contribution in [3.63, 3.8) is 0 Å². The quantitative estimate of drug-likeness (QED) is 0.0211. The second kappa shape index (κ2) is 80.2. The molecule has 99 heavy (non-hydrogen) atoms. The average molecular weight is 1390 g/mol. The molecule has 0 fully saturated rings. The smallest absolute Gasteiger partial charge is 0.361 e. The SMILES string of the molecule is CC/C=C\C/C=C\C/C=C\C/C=C\C/C=C\C/C=C\CCCCCCCCCCCCCCCCCCC(=O)OC(COC(=O)CCCCCCCCCCCCCCCCCCCCCCCCCCCCC/C=C\CCCCCCCCCC)COC(OCC[N+](C)(C)C)C(=O)O. The summed E-state index contributed by atoms with van der Waals surface area (Å²) in [6.07, 6.45) is 108. The van der Waals surface area contributed by atoms with Gasteiger partial charge in [-0.15, -0.1) is 0 Å². The number of nitrogens with zero attached hydrogens (tertiary/aromatic N) is 1. The molecule has 0 aromatic rings. The van der Waals surface area contributed by atoms with Gasteiger partial charge in [-0.3, -0.25) is 9.59 Å². The highest BCUT2D eigenvalue weighted by atomic mass is 16.7. The fourth-order valence-electron chi connectivity index (χ4n) is 12.7. The number of aliphatic carboxylic acids is 1. The molecule has 2 atom stereocenters. The Morgan fingerprint density at radius 2 is 0.576 bits per heavy atom. The Balaban J connectivity index is 3.95. The number of hydrogen-bond acceptors (Lipinski definition) is 7. The van der Waals surface area contributed by atoms with E-state index in [0.717, 1.165) is 77.0 Å². The zero-order valence-corrected chi connectivity index (χ0v) is 66.2. The highest BCUT2D eigenvalue weighted by Crippen LogP contribution is 2.20. The number of hydrogen-bond donors (Lipinski definition) is 1. The number of allylic oxidation sites excluding steroid dienone is 14. The van der Waals surface area contributed by atoms with Crippen molar-refractivity contribution >= 4 is 17.9 Å². The summed E-state index contributed by atoms with van der Waals surface area (Å²) >= 11 is 0. The van der Waals surface area contributed by atoms with E-state index in [9.17, 15) is 19.5 Å². The zero-order chi connectivity index (χ0) is 71.8. The summed E-state index contributed by atoms with van der Waals surface area (Å²) in [5, 5.41) is 9.79. The number of carbonyl (C=O) groups excluding carboxylic acids is 2. The Hall–Kier alpha value is -3.53. The number of quaternary nitrogens is 1. The maximum Gasteiger partial charge on any atom is 0.361 e. The molecule has 0 heterocycles. The first-order chi connectivity index (χ1) is 48.6. The molecule has 2 unspecified atom stereocenters. The highest BCUT2D eigenvalue weighted by Gasteiger charge is 2.25. The van der Waals surface area contributed by atoms with E-state index >= 15 is 0 Å². The summed E-state index contributed by atoms with van der Waals surface area (Å²) in [6, 6.07) is 0. The molecule has 0 amide bonds. The van der Waals surface area contributed by atoms with Gasteiger partial charge >= 0.3 is 17.9 Å². The topological polar surface area (TPSA) is 108 Å². The summed E-state index contributed by atoms with van der Waals surface area (Å²) in [6.45, 7) is 4.82. The van der Waals surface area contributed by atoms with Crippen LogP contribution in [0.2, 0.25) is 0 Å². The van der Waals surface area contributed by atoms with Crippen molar-refractivity contribution < 1.29 is 42.9 Å². The molecule has 0 aliphatic heterocycles. The number of carboxylic acid groups (broad SMARTS) is 1. The minimum absolute atomic E-state index is 0.179. The number of ether oxygens (including phenoxy) is 4. The van der Waals surface area contributed by atoms with Gasteiger partial charge in [0.05, 0.1) is 34.4 Å². The molecule has 0 bridgehead atoms. The molecule has 576 valence electrons. The highest BCUT2D eigenvalue weighted by molar-refractivity contribution is 5.71. The van der Waals surface area contributed by atoms with E-state index < -0.39 is 18.4 Å². The van der Waals surface area contributed by atoms with Crippen LogP contribution in [0.3, 0.4) is 0 Å². The van der Waals surface area contributed by atoms with Crippen molar-refractivity contribution in [2.75, 3.05) is 47.5 Å². The number of unbranched alkanes of at least 4 members (excludes halogenated alkanes) is 51. The van der Waals surface area contributed by atoms with Crippen LogP contribution in [0.25, 0.3) is 0 Å². The third-order valence-corrected chi connectivity index (χ3v) is 19.1. The Morgan fingerprint density at radius 1 is 0.313 bits per heavy atom. The first-order valence-electron chi connectivity index (χ1n) is 42.8. The maximum atomic E-state index is 13.0. The van der Waals surface area contributed by atoms with Gasteiger partial charge < -0.3 is 28.5 Å². The molecule has 0 aromatic heterocycles. The monoisotopic (exact) mass is 1390 g/mol. The van der Waals surface area contributed by atoms with Gasteiger partial charge in [0.15, 0.2) is 6.10 Å². The molecule has 0 saturated heterocycles. The second-order valence-corrected chi connectivity index (χ2v) is 30.1. The van der Waals surface area contributed by atoms with Crippen LogP contribution in [-0.2, 0) is 33.3 Å². The lowest BCUT2D eigenvalue weighted by Crippen LogP contribution is -2.40. The third-order valence-electron chi connectivity index (χ3n) is 19.1. The molecule has 0 aromatic carbocycles. The van der Waals surface area contributed by atoms with Gasteiger partial charge in [-0.05, 0) is 89.9 Å². The van der Waals surface area contributed by atoms with Gasteiger partial charge in [0.1, 0.15) is 13.2 Å². The fourth-order valence-corrected chi connectivity index (χ4v) is 12.7. The van der Waals surface area contributed by atoms with Gasteiger partial charge in [-0.2, -0.15) is 0 Å². The molecule has 1 N–H and O–H groups in total. The lowest BCUT2D eigenvalue weighted by atomic mass is 10.0. The van der Waals surface area contributed by atoms with Gasteiger partial charge in [0.25, 0.3) is 6.29 Å². The van der Waals surface area contributed by atoms with Crippen LogP contribution >= 0.6 is 0 Å². The Morgan fingerprint density at radius 3 is 0.869 bits per heavy atom. The van der Waals surface area contributed by atoms with E-state index in [4.69, 9.17) is 18.9 Å². The standard InChI is InChI=1S/C90H163NO8/c1-6-8-10-12-14-16-18-20-22-24-26-28-30-32-34-36-38-40-42-43-44-45-47-48-50-52-54-56-58-60-62-64-66-68-70-72-74-76-78-80-87(92)97-84-86(85-98-90(89(94)95)96-83-82-91(3,4)5)99-88(93)81-79-77-75-73-71-69-67-65-63-61-59-57-55-53-51-49-46-41-39-37-35-33-31-29-27-25-23-21-19-17-15-13-11-9-7-2/h9,11,15,17,21,23-24,26-27,29,33,35,39,41,86,90H,6-8,10,12-14,16,18-20,22,25,28,30-32,34,36-38,40,42-85H2,1-5H3/p+1/b11-9-,17-15-,23-21-,26-24-,29-27-,35-33-,41-39-. The van der Waals surface area contributed by atoms with Crippen molar-refractivity contribution in [2.45, 2.75) is 424 Å². The number of carboxylic acids is 1. The van der Waals surface area contributed by atoms with E-state index in [2.05, 4.69) is 98.9 Å². The molecular weight excluding hydrogens is 1220 g/mol. The minimum atomic E-state index is -1.51. The van der Waals surface area contributed by atoms with Gasteiger partial charge in [0.2, 0.25) is 0 Å². The maximum absolute atomic E-state index is 13.0. The summed E-state index contributed by atoms with van der Waals surface area (Å²) < 4.78 is 23.1. The molecule has 9 nitrogen and oxygen atoms in total. The van der Waals surface area contributed by atoms with Gasteiger partial charge in [-0.25, -0.2) is 4.79 Å². The molecule has 9 heteroatoms. The predicted octanol–water partition coefficient (Wildman–Crippen LogP) is 27.7. The van der Waals surface area contributed by atoms with Crippen LogP contribution in [0.4, 0.5) is 0 Å². The molecular formula is C90H164NO8+.